The molecule has 1 nitrogen and oxygen atoms in total. The molecule has 0 aliphatic heterocycles. The fourth-order valence-corrected chi connectivity index (χ4v) is 1.90. The van der Waals surface area contributed by atoms with Gasteiger partial charge >= 0.3 is 0 Å². The lowest BCUT2D eigenvalue weighted by Gasteiger charge is -2.23. The van der Waals surface area contributed by atoms with Gasteiger partial charge in [0.1, 0.15) is 5.75 Å². The summed E-state index contributed by atoms with van der Waals surface area (Å²) in [5.41, 5.74) is 3.08. The number of methoxy groups -OCH3 is 1. The first-order chi connectivity index (χ1) is 6.99. The van der Waals surface area contributed by atoms with Crippen molar-refractivity contribution in [2.24, 2.45) is 0 Å². The van der Waals surface area contributed by atoms with Gasteiger partial charge in [0.05, 0.1) is 7.11 Å². The first kappa shape index (κ1) is 12.1. The predicted octanol–water partition coefficient (Wildman–Crippen LogP) is 3.95. The minimum atomic E-state index is 0.219. The van der Waals surface area contributed by atoms with E-state index in [4.69, 9.17) is 4.74 Å². The van der Waals surface area contributed by atoms with Crippen LogP contribution in [0.4, 0.5) is 0 Å². The summed E-state index contributed by atoms with van der Waals surface area (Å²) in [5.74, 6) is 0.964. The zero-order valence-corrected chi connectivity index (χ0v) is 10.6. The Balaban J connectivity index is 3.15. The van der Waals surface area contributed by atoms with Crippen LogP contribution in [-0.2, 0) is 11.8 Å². The van der Waals surface area contributed by atoms with Crippen molar-refractivity contribution < 1.29 is 4.74 Å². The van der Waals surface area contributed by atoms with Gasteiger partial charge in [-0.3, -0.25) is 0 Å². The third-order valence-electron chi connectivity index (χ3n) is 2.64. The van der Waals surface area contributed by atoms with Gasteiger partial charge in [-0.25, -0.2) is 0 Å². The maximum Gasteiger partial charge on any atom is 0.119 e. The number of benzene rings is 1. The molecule has 0 aliphatic carbocycles. The van der Waals surface area contributed by atoms with Crippen molar-refractivity contribution in [3.63, 3.8) is 0 Å². The van der Waals surface area contributed by atoms with Crippen molar-refractivity contribution in [2.75, 3.05) is 7.11 Å². The van der Waals surface area contributed by atoms with Crippen molar-refractivity contribution in [1.82, 2.24) is 0 Å². The topological polar surface area (TPSA) is 9.23 Å². The van der Waals surface area contributed by atoms with Crippen molar-refractivity contribution in [2.45, 2.75) is 46.0 Å². The summed E-state index contributed by atoms with van der Waals surface area (Å²) in [6.07, 6.45) is 2.31. The van der Waals surface area contributed by atoms with Crippen LogP contribution in [-0.4, -0.2) is 7.11 Å². The molecule has 0 fully saturated rings. The summed E-state index contributed by atoms with van der Waals surface area (Å²) >= 11 is 0. The van der Waals surface area contributed by atoms with Gasteiger partial charge in [-0.15, -0.1) is 0 Å². The number of rotatable bonds is 3. The third-order valence-corrected chi connectivity index (χ3v) is 2.64. The third kappa shape index (κ3) is 2.98. The molecule has 84 valence electrons. The lowest BCUT2D eigenvalue weighted by Crippen LogP contribution is -2.14. The largest absolute Gasteiger partial charge is 0.497 e. The molecule has 0 aromatic heterocycles. The van der Waals surface area contributed by atoms with Crippen LogP contribution < -0.4 is 4.74 Å². The quantitative estimate of drug-likeness (QED) is 0.727. The standard InChI is InChI=1S/C14H22O/c1-6-7-11-10-12(15-5)8-9-13(11)14(2,3)4/h8-10H,6-7H2,1-5H3. The Bertz CT molecular complexity index is 321. The highest BCUT2D eigenvalue weighted by molar-refractivity contribution is 5.39. The highest BCUT2D eigenvalue weighted by Crippen LogP contribution is 2.29. The maximum absolute atomic E-state index is 5.27. The van der Waals surface area contributed by atoms with Crippen molar-refractivity contribution in [3.05, 3.63) is 29.3 Å². The van der Waals surface area contributed by atoms with E-state index >= 15 is 0 Å². The van der Waals surface area contributed by atoms with Gasteiger partial charge < -0.3 is 4.74 Å². The number of hydrogen-bond donors (Lipinski definition) is 0. The Labute approximate surface area is 93.5 Å². The first-order valence-corrected chi connectivity index (χ1v) is 5.66. The Kier molecular flexibility index (Phi) is 3.78. The van der Waals surface area contributed by atoms with E-state index in [0.717, 1.165) is 12.2 Å². The summed E-state index contributed by atoms with van der Waals surface area (Å²) in [7, 11) is 1.72. The van der Waals surface area contributed by atoms with Crippen LogP contribution in [0.1, 0.15) is 45.2 Å². The summed E-state index contributed by atoms with van der Waals surface area (Å²) in [6.45, 7) is 8.99. The van der Waals surface area contributed by atoms with Crippen LogP contribution in [0.5, 0.6) is 5.75 Å². The molecule has 0 N–H and O–H groups in total. The summed E-state index contributed by atoms with van der Waals surface area (Å²) in [5, 5.41) is 0. The van der Waals surface area contributed by atoms with Crippen LogP contribution in [0.3, 0.4) is 0 Å². The average Bonchev–Trinajstić information content (AvgIpc) is 2.16. The molecule has 0 amide bonds. The molecule has 1 heteroatoms. The Hall–Kier alpha value is -0.980. The smallest absolute Gasteiger partial charge is 0.119 e. The lowest BCUT2D eigenvalue weighted by atomic mass is 9.82. The molecule has 1 aromatic carbocycles. The van der Waals surface area contributed by atoms with E-state index in [1.165, 1.54) is 17.5 Å². The van der Waals surface area contributed by atoms with E-state index in [-0.39, 0.29) is 5.41 Å². The zero-order valence-electron chi connectivity index (χ0n) is 10.6. The van der Waals surface area contributed by atoms with E-state index in [9.17, 15) is 0 Å². The second-order valence-corrected chi connectivity index (χ2v) is 5.02. The minimum Gasteiger partial charge on any atom is -0.497 e. The fraction of sp³-hybridized carbons (Fsp3) is 0.571. The second kappa shape index (κ2) is 4.69. The average molecular weight is 206 g/mol. The Morgan fingerprint density at radius 2 is 1.87 bits per heavy atom. The van der Waals surface area contributed by atoms with Gasteiger partial charge in [0.2, 0.25) is 0 Å². The van der Waals surface area contributed by atoms with Crippen molar-refractivity contribution in [1.29, 1.82) is 0 Å². The number of aryl methyl sites for hydroxylation is 1. The van der Waals surface area contributed by atoms with Crippen LogP contribution in [0.25, 0.3) is 0 Å². The summed E-state index contributed by atoms with van der Waals surface area (Å²) < 4.78 is 5.27. The molecule has 0 heterocycles. The lowest BCUT2D eigenvalue weighted by molar-refractivity contribution is 0.413. The highest BCUT2D eigenvalue weighted by atomic mass is 16.5. The first-order valence-electron chi connectivity index (χ1n) is 5.66. The maximum atomic E-state index is 5.27. The molecule has 0 aliphatic rings. The van der Waals surface area contributed by atoms with Gasteiger partial charge in [-0.05, 0) is 35.1 Å². The molecule has 1 rings (SSSR count). The molecule has 0 saturated carbocycles. The molecule has 0 atom stereocenters. The second-order valence-electron chi connectivity index (χ2n) is 5.02. The van der Waals surface area contributed by atoms with Gasteiger partial charge in [0.25, 0.3) is 0 Å². The van der Waals surface area contributed by atoms with Gasteiger partial charge in [0, 0.05) is 0 Å². The minimum absolute atomic E-state index is 0.219. The van der Waals surface area contributed by atoms with E-state index in [0.29, 0.717) is 0 Å². The predicted molar refractivity (Wildman–Crippen MR) is 65.7 cm³/mol. The number of hydrogen-bond acceptors (Lipinski definition) is 1. The van der Waals surface area contributed by atoms with Crippen LogP contribution >= 0.6 is 0 Å². The van der Waals surface area contributed by atoms with E-state index in [1.54, 1.807) is 7.11 Å². The Morgan fingerprint density at radius 3 is 2.33 bits per heavy atom. The monoisotopic (exact) mass is 206 g/mol. The molecule has 0 bridgehead atoms. The van der Waals surface area contributed by atoms with Crippen LogP contribution in [0.2, 0.25) is 0 Å². The van der Waals surface area contributed by atoms with Gasteiger partial charge in [0.15, 0.2) is 0 Å². The fourth-order valence-electron chi connectivity index (χ4n) is 1.90. The number of ether oxygens (including phenoxy) is 1. The normalized spacial score (nSPS) is 11.5. The highest BCUT2D eigenvalue weighted by Gasteiger charge is 2.17. The van der Waals surface area contributed by atoms with Gasteiger partial charge in [-0.2, -0.15) is 0 Å². The van der Waals surface area contributed by atoms with Crippen LogP contribution in [0, 0.1) is 0 Å². The molecule has 0 spiro atoms. The van der Waals surface area contributed by atoms with E-state index < -0.39 is 0 Å². The molecule has 0 radical (unpaired) electrons. The molecule has 0 unspecified atom stereocenters. The molecular weight excluding hydrogens is 184 g/mol. The summed E-state index contributed by atoms with van der Waals surface area (Å²) in [4.78, 5) is 0. The van der Waals surface area contributed by atoms with Crippen molar-refractivity contribution in [3.8, 4) is 5.75 Å². The SMILES string of the molecule is CCCc1cc(OC)ccc1C(C)(C)C. The molecule has 1 aromatic rings. The van der Waals surface area contributed by atoms with Crippen LogP contribution in [0.15, 0.2) is 18.2 Å². The van der Waals surface area contributed by atoms with E-state index in [1.807, 2.05) is 0 Å². The van der Waals surface area contributed by atoms with Crippen molar-refractivity contribution >= 4 is 0 Å². The molecule has 15 heavy (non-hydrogen) atoms. The molecular formula is C14H22O. The summed E-state index contributed by atoms with van der Waals surface area (Å²) in [6, 6.07) is 6.42. The van der Waals surface area contributed by atoms with E-state index in [2.05, 4.69) is 45.9 Å². The Morgan fingerprint density at radius 1 is 1.20 bits per heavy atom. The zero-order chi connectivity index (χ0) is 11.5. The molecule has 0 saturated heterocycles. The van der Waals surface area contributed by atoms with Gasteiger partial charge in [-0.1, -0.05) is 40.2 Å².